The summed E-state index contributed by atoms with van der Waals surface area (Å²) in [6.45, 7) is 2.45. The lowest BCUT2D eigenvalue weighted by Crippen LogP contribution is -2.30. The molecule has 0 aliphatic carbocycles. The fourth-order valence-corrected chi connectivity index (χ4v) is 3.25. The molecule has 2 aromatic carbocycles. The van der Waals surface area contributed by atoms with Gasteiger partial charge in [0.25, 0.3) is 5.91 Å². The van der Waals surface area contributed by atoms with Crippen molar-refractivity contribution in [3.63, 3.8) is 0 Å². The van der Waals surface area contributed by atoms with Crippen molar-refractivity contribution in [2.24, 2.45) is 0 Å². The molecule has 0 bridgehead atoms. The molecule has 0 radical (unpaired) electrons. The van der Waals surface area contributed by atoms with Gasteiger partial charge in [-0.25, -0.2) is 0 Å². The number of rotatable bonds is 5. The zero-order chi connectivity index (χ0) is 20.4. The lowest BCUT2D eigenvalue weighted by atomic mass is 10.1. The summed E-state index contributed by atoms with van der Waals surface area (Å²) < 4.78 is 11.2. The summed E-state index contributed by atoms with van der Waals surface area (Å²) in [4.78, 5) is 27.3. The van der Waals surface area contributed by atoms with E-state index < -0.39 is 5.91 Å². The van der Waals surface area contributed by atoms with Gasteiger partial charge in [0.1, 0.15) is 11.3 Å². The Labute approximate surface area is 172 Å². The first kappa shape index (κ1) is 19.0. The number of amides is 1. The van der Waals surface area contributed by atoms with Gasteiger partial charge in [0, 0.05) is 17.6 Å². The van der Waals surface area contributed by atoms with Gasteiger partial charge in [-0.15, -0.1) is 0 Å². The first-order valence-corrected chi connectivity index (χ1v) is 9.48. The topological polar surface area (TPSA) is 63.7 Å². The molecule has 2 aromatic heterocycles. The highest BCUT2D eigenvalue weighted by Gasteiger charge is 2.21. The van der Waals surface area contributed by atoms with Crippen LogP contribution in [-0.2, 0) is 13.1 Å². The van der Waals surface area contributed by atoms with Crippen molar-refractivity contribution in [3.8, 4) is 0 Å². The maximum atomic E-state index is 13.2. The summed E-state index contributed by atoms with van der Waals surface area (Å²) in [6.07, 6.45) is 1.55. The van der Waals surface area contributed by atoms with Crippen LogP contribution in [0.5, 0.6) is 0 Å². The Morgan fingerprint density at radius 3 is 2.55 bits per heavy atom. The van der Waals surface area contributed by atoms with E-state index in [9.17, 15) is 9.59 Å². The molecule has 0 saturated carbocycles. The Morgan fingerprint density at radius 1 is 1.03 bits per heavy atom. The van der Waals surface area contributed by atoms with Crippen molar-refractivity contribution in [2.75, 3.05) is 0 Å². The highest BCUT2D eigenvalue weighted by molar-refractivity contribution is 6.30. The van der Waals surface area contributed by atoms with E-state index in [0.717, 1.165) is 11.1 Å². The minimum atomic E-state index is -0.392. The van der Waals surface area contributed by atoms with E-state index in [1.165, 1.54) is 6.07 Å². The molecule has 6 heteroatoms. The van der Waals surface area contributed by atoms with E-state index >= 15 is 0 Å². The van der Waals surface area contributed by atoms with Crippen LogP contribution in [0.3, 0.4) is 0 Å². The smallest absolute Gasteiger partial charge is 0.290 e. The van der Waals surface area contributed by atoms with E-state index in [0.29, 0.717) is 28.3 Å². The fourth-order valence-electron chi connectivity index (χ4n) is 3.12. The number of hydrogen-bond acceptors (Lipinski definition) is 4. The molecule has 5 nitrogen and oxygen atoms in total. The Hall–Kier alpha value is -3.31. The van der Waals surface area contributed by atoms with Crippen LogP contribution in [0.4, 0.5) is 0 Å². The monoisotopic (exact) mass is 407 g/mol. The van der Waals surface area contributed by atoms with Crippen LogP contribution in [0.15, 0.2) is 80.6 Å². The average molecular weight is 408 g/mol. The van der Waals surface area contributed by atoms with Crippen LogP contribution in [0.25, 0.3) is 11.0 Å². The Bertz CT molecular complexity index is 1210. The van der Waals surface area contributed by atoms with Crippen molar-refractivity contribution in [1.29, 1.82) is 0 Å². The van der Waals surface area contributed by atoms with Crippen molar-refractivity contribution in [1.82, 2.24) is 4.90 Å². The van der Waals surface area contributed by atoms with Crippen LogP contribution in [0, 0.1) is 6.92 Å². The first-order valence-electron chi connectivity index (χ1n) is 9.10. The normalized spacial score (nSPS) is 11.0. The van der Waals surface area contributed by atoms with Gasteiger partial charge in [-0.1, -0.05) is 29.8 Å². The molecule has 0 aliphatic heterocycles. The van der Waals surface area contributed by atoms with Gasteiger partial charge in [-0.3, -0.25) is 9.59 Å². The maximum Gasteiger partial charge on any atom is 0.290 e. The van der Waals surface area contributed by atoms with Crippen molar-refractivity contribution < 1.29 is 13.6 Å². The molecule has 0 aliphatic rings. The molecule has 0 spiro atoms. The van der Waals surface area contributed by atoms with Gasteiger partial charge in [0.15, 0.2) is 11.2 Å². The molecule has 29 heavy (non-hydrogen) atoms. The van der Waals surface area contributed by atoms with Crippen molar-refractivity contribution >= 4 is 28.5 Å². The Kier molecular flexibility index (Phi) is 5.23. The summed E-state index contributed by atoms with van der Waals surface area (Å²) in [5.74, 6) is 0.233. The van der Waals surface area contributed by atoms with Gasteiger partial charge >= 0.3 is 0 Å². The number of aryl methyl sites for hydroxylation is 1. The number of carbonyl (C=O) groups excluding carboxylic acids is 1. The van der Waals surface area contributed by atoms with Gasteiger partial charge in [-0.2, -0.15) is 0 Å². The minimum absolute atomic E-state index is 0.00591. The largest absolute Gasteiger partial charge is 0.467 e. The van der Waals surface area contributed by atoms with Crippen LogP contribution < -0.4 is 5.43 Å². The van der Waals surface area contributed by atoms with Crippen LogP contribution in [0.1, 0.15) is 27.4 Å². The predicted molar refractivity (Wildman–Crippen MR) is 111 cm³/mol. The molecular formula is C23H18ClNO4. The van der Waals surface area contributed by atoms with Crippen LogP contribution in [-0.4, -0.2) is 10.8 Å². The number of fused-ring (bicyclic) bond motifs is 1. The van der Waals surface area contributed by atoms with Gasteiger partial charge in [0.05, 0.1) is 18.2 Å². The lowest BCUT2D eigenvalue weighted by Gasteiger charge is -2.21. The quantitative estimate of drug-likeness (QED) is 0.456. The highest BCUT2D eigenvalue weighted by Crippen LogP contribution is 2.19. The van der Waals surface area contributed by atoms with E-state index in [1.54, 1.807) is 47.6 Å². The molecule has 0 unspecified atom stereocenters. The second kappa shape index (κ2) is 7.97. The molecule has 1 amide bonds. The summed E-state index contributed by atoms with van der Waals surface area (Å²) >= 11 is 5.96. The predicted octanol–water partition coefficient (Wildman–Crippen LogP) is 5.19. The molecule has 0 fully saturated rings. The third-order valence-electron chi connectivity index (χ3n) is 4.60. The Morgan fingerprint density at radius 2 is 1.83 bits per heavy atom. The molecule has 4 rings (SSSR count). The van der Waals surface area contributed by atoms with Crippen molar-refractivity contribution in [3.05, 3.63) is 105 Å². The zero-order valence-corrected chi connectivity index (χ0v) is 16.5. The first-order chi connectivity index (χ1) is 14.0. The van der Waals surface area contributed by atoms with E-state index in [2.05, 4.69) is 0 Å². The third-order valence-corrected chi connectivity index (χ3v) is 4.85. The Balaban J connectivity index is 1.71. The summed E-state index contributed by atoms with van der Waals surface area (Å²) in [5.41, 5.74) is 1.98. The molecule has 0 saturated heterocycles. The lowest BCUT2D eigenvalue weighted by molar-refractivity contribution is 0.0686. The van der Waals surface area contributed by atoms with Gasteiger partial charge < -0.3 is 13.7 Å². The second-order valence-electron chi connectivity index (χ2n) is 6.84. The van der Waals surface area contributed by atoms with E-state index in [-0.39, 0.29) is 17.7 Å². The zero-order valence-electron chi connectivity index (χ0n) is 15.7. The molecule has 4 aromatic rings. The standard InChI is InChI=1S/C23H18ClNO4/c1-15-4-9-19-20(26)12-22(29-21(19)11-15)23(27)25(14-18-3-2-10-28-18)13-16-5-7-17(24)8-6-16/h2-12H,13-14H2,1H3. The molecular weight excluding hydrogens is 390 g/mol. The van der Waals surface area contributed by atoms with Crippen LogP contribution >= 0.6 is 11.6 Å². The number of carbonyl (C=O) groups is 1. The van der Waals surface area contributed by atoms with Gasteiger partial charge in [-0.05, 0) is 54.4 Å². The highest BCUT2D eigenvalue weighted by atomic mass is 35.5. The van der Waals surface area contributed by atoms with Crippen molar-refractivity contribution in [2.45, 2.75) is 20.0 Å². The fraction of sp³-hybridized carbons (Fsp3) is 0.130. The summed E-state index contributed by atoms with van der Waals surface area (Å²) in [7, 11) is 0. The maximum absolute atomic E-state index is 13.2. The molecule has 0 N–H and O–H groups in total. The number of halogens is 1. The molecule has 146 valence electrons. The molecule has 0 atom stereocenters. The number of furan rings is 1. The summed E-state index contributed by atoms with van der Waals surface area (Å²) in [6, 6.07) is 17.3. The number of hydrogen-bond donors (Lipinski definition) is 0. The van der Waals surface area contributed by atoms with E-state index in [4.69, 9.17) is 20.4 Å². The van der Waals surface area contributed by atoms with Gasteiger partial charge in [0.2, 0.25) is 0 Å². The SMILES string of the molecule is Cc1ccc2c(=O)cc(C(=O)N(Cc3ccc(Cl)cc3)Cc3ccco3)oc2c1. The summed E-state index contributed by atoms with van der Waals surface area (Å²) in [5, 5.41) is 1.07. The number of nitrogens with zero attached hydrogens (tertiary/aromatic N) is 1. The average Bonchev–Trinajstić information content (AvgIpc) is 3.21. The number of benzene rings is 2. The van der Waals surface area contributed by atoms with E-state index in [1.807, 2.05) is 25.1 Å². The minimum Gasteiger partial charge on any atom is -0.467 e. The van der Waals surface area contributed by atoms with Crippen LogP contribution in [0.2, 0.25) is 5.02 Å². The molecule has 2 heterocycles. The third kappa shape index (κ3) is 4.25. The second-order valence-corrected chi connectivity index (χ2v) is 7.28.